The summed E-state index contributed by atoms with van der Waals surface area (Å²) in [6.07, 6.45) is 3.22. The Morgan fingerprint density at radius 1 is 0.923 bits per heavy atom. The zero-order chi connectivity index (χ0) is 27.0. The lowest BCUT2D eigenvalue weighted by Crippen LogP contribution is -2.44. The third kappa shape index (κ3) is 5.23. The van der Waals surface area contributed by atoms with Crippen LogP contribution < -0.4 is 9.64 Å². The molecule has 1 fully saturated rings. The van der Waals surface area contributed by atoms with Gasteiger partial charge in [0.2, 0.25) is 0 Å². The second kappa shape index (κ2) is 11.0. The van der Waals surface area contributed by atoms with Crippen molar-refractivity contribution in [3.05, 3.63) is 106 Å². The first kappa shape index (κ1) is 26.4. The molecule has 0 radical (unpaired) electrons. The van der Waals surface area contributed by atoms with Gasteiger partial charge in [0.05, 0.1) is 16.7 Å². The predicted molar refractivity (Wildman–Crippen MR) is 160 cm³/mol. The molecule has 0 aliphatic carbocycles. The van der Waals surface area contributed by atoms with Gasteiger partial charge in [0, 0.05) is 46.9 Å². The molecular formula is C33H33Cl2FN2O. The maximum absolute atomic E-state index is 14.5. The number of para-hydroxylation sites is 1. The topological polar surface area (TPSA) is 15.7 Å². The van der Waals surface area contributed by atoms with E-state index in [1.807, 2.05) is 42.5 Å². The number of halogens is 3. The molecule has 2 aliphatic rings. The Hall–Kier alpha value is -2.79. The lowest BCUT2D eigenvalue weighted by Gasteiger charge is -2.39. The van der Waals surface area contributed by atoms with Gasteiger partial charge in [-0.1, -0.05) is 71.7 Å². The minimum Gasteiger partial charge on any atom is -0.492 e. The Morgan fingerprint density at radius 2 is 1.67 bits per heavy atom. The molecular weight excluding hydrogens is 530 g/mol. The zero-order valence-electron chi connectivity index (χ0n) is 22.2. The summed E-state index contributed by atoms with van der Waals surface area (Å²) in [7, 11) is 2.09. The fourth-order valence-corrected chi connectivity index (χ4v) is 6.73. The van der Waals surface area contributed by atoms with Crippen LogP contribution in [0.2, 0.25) is 10.0 Å². The summed E-state index contributed by atoms with van der Waals surface area (Å²) in [6, 6.07) is 25.6. The number of anilines is 1. The zero-order valence-corrected chi connectivity index (χ0v) is 23.7. The van der Waals surface area contributed by atoms with E-state index in [-0.39, 0.29) is 17.2 Å². The van der Waals surface area contributed by atoms with Crippen LogP contribution in [0.15, 0.2) is 78.9 Å². The molecule has 6 heteroatoms. The van der Waals surface area contributed by atoms with Gasteiger partial charge in [-0.2, -0.15) is 0 Å². The Balaban J connectivity index is 1.18. The number of hydrogen-bond acceptors (Lipinski definition) is 3. The Bertz CT molecular complexity index is 1480. The van der Waals surface area contributed by atoms with E-state index < -0.39 is 0 Å². The number of nitrogens with zero attached hydrogens (tertiary/aromatic N) is 2. The van der Waals surface area contributed by atoms with Crippen LogP contribution in [0.4, 0.5) is 10.1 Å². The van der Waals surface area contributed by atoms with E-state index in [1.165, 1.54) is 11.1 Å². The largest absolute Gasteiger partial charge is 0.492 e. The molecule has 0 amide bonds. The van der Waals surface area contributed by atoms with Crippen molar-refractivity contribution in [2.24, 2.45) is 0 Å². The number of likely N-dealkylation sites (N-methyl/N-ethyl adjacent to an activating group) is 1. The first-order valence-electron chi connectivity index (χ1n) is 13.7. The van der Waals surface area contributed by atoms with E-state index in [0.29, 0.717) is 15.4 Å². The molecule has 1 saturated heterocycles. The SMILES string of the molecule is CN(C[C@@H](CCN1CCC2(CC1)COc1ccccc12)c1ccc(Cl)c(Cl)c1)c1ccc(F)c2ccccc12. The lowest BCUT2D eigenvalue weighted by molar-refractivity contribution is 0.132. The Kier molecular flexibility index (Phi) is 7.45. The van der Waals surface area contributed by atoms with Crippen molar-refractivity contribution in [2.75, 3.05) is 44.7 Å². The molecule has 4 aromatic rings. The maximum Gasteiger partial charge on any atom is 0.131 e. The summed E-state index contributed by atoms with van der Waals surface area (Å²) in [5, 5.41) is 2.72. The Labute approximate surface area is 240 Å². The minimum atomic E-state index is -0.193. The van der Waals surface area contributed by atoms with Gasteiger partial charge < -0.3 is 14.5 Å². The van der Waals surface area contributed by atoms with Gasteiger partial charge in [-0.05, 0) is 74.8 Å². The Morgan fingerprint density at radius 3 is 2.46 bits per heavy atom. The van der Waals surface area contributed by atoms with Crippen LogP contribution in [0.3, 0.4) is 0 Å². The van der Waals surface area contributed by atoms with Crippen molar-refractivity contribution in [2.45, 2.75) is 30.6 Å². The van der Waals surface area contributed by atoms with E-state index in [4.69, 9.17) is 27.9 Å². The number of benzene rings is 4. The highest BCUT2D eigenvalue weighted by Crippen LogP contribution is 2.45. The summed E-state index contributed by atoms with van der Waals surface area (Å²) in [5.41, 5.74) is 3.73. The average Bonchev–Trinajstić information content (AvgIpc) is 3.31. The second-order valence-corrected chi connectivity index (χ2v) is 11.9. The summed E-state index contributed by atoms with van der Waals surface area (Å²) in [5.74, 6) is 1.10. The third-order valence-electron chi connectivity index (χ3n) is 8.74. The molecule has 39 heavy (non-hydrogen) atoms. The smallest absolute Gasteiger partial charge is 0.131 e. The van der Waals surface area contributed by atoms with Crippen LogP contribution in [0.25, 0.3) is 10.8 Å². The molecule has 4 aromatic carbocycles. The van der Waals surface area contributed by atoms with Crippen molar-refractivity contribution in [1.29, 1.82) is 0 Å². The summed E-state index contributed by atoms with van der Waals surface area (Å²) in [6.45, 7) is 4.70. The number of likely N-dealkylation sites (tertiary alicyclic amines) is 1. The van der Waals surface area contributed by atoms with Gasteiger partial charge in [-0.15, -0.1) is 0 Å². The molecule has 0 aromatic heterocycles. The number of fused-ring (bicyclic) bond motifs is 3. The number of hydrogen-bond donors (Lipinski definition) is 0. The van der Waals surface area contributed by atoms with Crippen LogP contribution in [-0.4, -0.2) is 44.7 Å². The predicted octanol–water partition coefficient (Wildman–Crippen LogP) is 8.32. The molecule has 3 nitrogen and oxygen atoms in total. The van der Waals surface area contributed by atoms with E-state index in [0.717, 1.165) is 68.9 Å². The second-order valence-electron chi connectivity index (χ2n) is 11.1. The van der Waals surface area contributed by atoms with Crippen LogP contribution in [0.1, 0.15) is 36.3 Å². The van der Waals surface area contributed by atoms with Gasteiger partial charge in [-0.3, -0.25) is 0 Å². The lowest BCUT2D eigenvalue weighted by atomic mass is 9.74. The highest BCUT2D eigenvalue weighted by molar-refractivity contribution is 6.42. The summed E-state index contributed by atoms with van der Waals surface area (Å²) >= 11 is 12.7. The summed E-state index contributed by atoms with van der Waals surface area (Å²) < 4.78 is 20.6. The van der Waals surface area contributed by atoms with Gasteiger partial charge >= 0.3 is 0 Å². The fraction of sp³-hybridized carbons (Fsp3) is 0.333. The quantitative estimate of drug-likeness (QED) is 0.225. The van der Waals surface area contributed by atoms with Crippen molar-refractivity contribution in [1.82, 2.24) is 4.90 Å². The third-order valence-corrected chi connectivity index (χ3v) is 9.48. The molecule has 1 spiro atoms. The highest BCUT2D eigenvalue weighted by Gasteiger charge is 2.42. The standard InChI is InChI=1S/C33H33Cl2FN2O/c1-37(31-13-12-30(36)25-6-2-3-7-26(25)31)21-24(23-10-11-28(34)29(35)20-23)14-17-38-18-15-33(16-19-38)22-39-32-9-5-4-8-27(32)33/h2-13,20,24H,14-19,21-22H2,1H3/t24-/m1/s1. The van der Waals surface area contributed by atoms with E-state index >= 15 is 0 Å². The van der Waals surface area contributed by atoms with E-state index in [9.17, 15) is 4.39 Å². The van der Waals surface area contributed by atoms with Gasteiger partial charge in [0.1, 0.15) is 11.6 Å². The number of ether oxygens (including phenoxy) is 1. The molecule has 0 bridgehead atoms. The van der Waals surface area contributed by atoms with Crippen LogP contribution in [0.5, 0.6) is 5.75 Å². The highest BCUT2D eigenvalue weighted by atomic mass is 35.5. The average molecular weight is 564 g/mol. The molecule has 0 saturated carbocycles. The summed E-state index contributed by atoms with van der Waals surface area (Å²) in [4.78, 5) is 4.83. The van der Waals surface area contributed by atoms with Gasteiger partial charge in [-0.25, -0.2) is 4.39 Å². The first-order valence-corrected chi connectivity index (χ1v) is 14.5. The van der Waals surface area contributed by atoms with E-state index in [2.05, 4.69) is 47.2 Å². The van der Waals surface area contributed by atoms with Crippen molar-refractivity contribution in [3.63, 3.8) is 0 Å². The van der Waals surface area contributed by atoms with Crippen LogP contribution in [-0.2, 0) is 5.41 Å². The fourth-order valence-electron chi connectivity index (χ4n) is 6.42. The minimum absolute atomic E-state index is 0.153. The van der Waals surface area contributed by atoms with Crippen molar-refractivity contribution in [3.8, 4) is 5.75 Å². The van der Waals surface area contributed by atoms with Gasteiger partial charge in [0.15, 0.2) is 0 Å². The van der Waals surface area contributed by atoms with E-state index in [1.54, 1.807) is 6.07 Å². The van der Waals surface area contributed by atoms with Crippen molar-refractivity contribution >= 4 is 39.7 Å². The molecule has 2 heterocycles. The molecule has 202 valence electrons. The molecule has 0 unspecified atom stereocenters. The first-order chi connectivity index (χ1) is 18.9. The molecule has 6 rings (SSSR count). The monoisotopic (exact) mass is 562 g/mol. The molecule has 1 atom stereocenters. The normalized spacial score (nSPS) is 17.2. The number of piperidine rings is 1. The maximum atomic E-state index is 14.5. The molecule has 2 aliphatic heterocycles. The van der Waals surface area contributed by atoms with Gasteiger partial charge in [0.25, 0.3) is 0 Å². The molecule has 0 N–H and O–H groups in total. The van der Waals surface area contributed by atoms with Crippen LogP contribution >= 0.6 is 23.2 Å². The number of rotatable bonds is 7. The van der Waals surface area contributed by atoms with Crippen molar-refractivity contribution < 1.29 is 9.13 Å². The van der Waals surface area contributed by atoms with Crippen LogP contribution in [0, 0.1) is 5.82 Å².